The molecule has 20 heavy (non-hydrogen) atoms. The Balaban J connectivity index is 2.34. The highest BCUT2D eigenvalue weighted by Gasteiger charge is 2.15. The van der Waals surface area contributed by atoms with Crippen LogP contribution in [0.15, 0.2) is 16.8 Å². The number of carboxylic acid groups (broad SMARTS) is 1. The highest BCUT2D eigenvalue weighted by Crippen LogP contribution is 2.16. The van der Waals surface area contributed by atoms with Gasteiger partial charge in [-0.3, -0.25) is 0 Å². The summed E-state index contributed by atoms with van der Waals surface area (Å²) in [6.07, 6.45) is 3.73. The third-order valence-electron chi connectivity index (χ3n) is 2.20. The zero-order valence-electron chi connectivity index (χ0n) is 11.8. The van der Waals surface area contributed by atoms with E-state index in [1.807, 2.05) is 6.08 Å². The van der Waals surface area contributed by atoms with E-state index < -0.39 is 17.7 Å². The molecule has 0 aromatic carbocycles. The molecule has 0 fully saturated rings. The molecule has 1 aromatic rings. The molecule has 5 nitrogen and oxygen atoms in total. The minimum absolute atomic E-state index is 0.298. The van der Waals surface area contributed by atoms with Gasteiger partial charge in [-0.1, -0.05) is 12.2 Å². The summed E-state index contributed by atoms with van der Waals surface area (Å²) >= 11 is 1.35. The molecule has 2 N–H and O–H groups in total. The van der Waals surface area contributed by atoms with Crippen LogP contribution in [0.25, 0.3) is 6.08 Å². The Morgan fingerprint density at radius 1 is 1.40 bits per heavy atom. The number of nitrogens with one attached hydrogen (secondary N) is 1. The van der Waals surface area contributed by atoms with Crippen molar-refractivity contribution in [1.82, 2.24) is 5.32 Å². The number of rotatable bonds is 5. The molecule has 0 spiro atoms. The number of carboxylic acids is 1. The molecule has 0 aliphatic rings. The van der Waals surface area contributed by atoms with Crippen molar-refractivity contribution in [3.8, 4) is 0 Å². The van der Waals surface area contributed by atoms with E-state index in [1.165, 1.54) is 11.3 Å². The third kappa shape index (κ3) is 5.88. The molecule has 1 amide bonds. The topological polar surface area (TPSA) is 75.6 Å². The number of amides is 1. The molecule has 110 valence electrons. The SMILES string of the molecule is CC(C)(C)OC(=O)NCCC=Cc1cscc1C(=O)O. The summed E-state index contributed by atoms with van der Waals surface area (Å²) in [6, 6.07) is 0. The molecule has 1 aromatic heterocycles. The highest BCUT2D eigenvalue weighted by atomic mass is 32.1. The molecule has 0 saturated heterocycles. The van der Waals surface area contributed by atoms with Crippen LogP contribution in [0, 0.1) is 0 Å². The Hall–Kier alpha value is -1.82. The van der Waals surface area contributed by atoms with Gasteiger partial charge in [0, 0.05) is 11.9 Å². The second kappa shape index (κ2) is 7.09. The van der Waals surface area contributed by atoms with Crippen LogP contribution in [0.3, 0.4) is 0 Å². The minimum Gasteiger partial charge on any atom is -0.478 e. The van der Waals surface area contributed by atoms with E-state index in [4.69, 9.17) is 9.84 Å². The maximum absolute atomic E-state index is 11.4. The average molecular weight is 297 g/mol. The fraction of sp³-hybridized carbons (Fsp3) is 0.429. The van der Waals surface area contributed by atoms with Gasteiger partial charge in [-0.05, 0) is 38.1 Å². The van der Waals surface area contributed by atoms with Crippen molar-refractivity contribution >= 4 is 29.5 Å². The predicted molar refractivity (Wildman–Crippen MR) is 79.2 cm³/mol. The van der Waals surface area contributed by atoms with Crippen molar-refractivity contribution in [3.63, 3.8) is 0 Å². The first-order chi connectivity index (χ1) is 9.29. The molecule has 0 aliphatic heterocycles. The van der Waals surface area contributed by atoms with Gasteiger partial charge >= 0.3 is 12.1 Å². The van der Waals surface area contributed by atoms with E-state index in [-0.39, 0.29) is 0 Å². The standard InChI is InChI=1S/C14H19NO4S/c1-14(2,3)19-13(18)15-7-5-4-6-10-8-20-9-11(10)12(16)17/h4,6,8-9H,5,7H2,1-3H3,(H,15,18)(H,16,17). The van der Waals surface area contributed by atoms with Crippen LogP contribution in [-0.4, -0.2) is 29.3 Å². The molecule has 0 atom stereocenters. The number of hydrogen-bond acceptors (Lipinski definition) is 4. The normalized spacial score (nSPS) is 11.6. The van der Waals surface area contributed by atoms with Crippen molar-refractivity contribution in [2.75, 3.05) is 6.54 Å². The number of hydrogen-bond donors (Lipinski definition) is 2. The van der Waals surface area contributed by atoms with Crippen molar-refractivity contribution in [3.05, 3.63) is 28.0 Å². The zero-order valence-corrected chi connectivity index (χ0v) is 12.6. The van der Waals surface area contributed by atoms with Crippen LogP contribution in [0.1, 0.15) is 43.1 Å². The first-order valence-corrected chi connectivity index (χ1v) is 7.17. The smallest absolute Gasteiger partial charge is 0.407 e. The minimum atomic E-state index is -0.933. The van der Waals surface area contributed by atoms with Crippen LogP contribution in [0.4, 0.5) is 4.79 Å². The molecule has 0 bridgehead atoms. The van der Waals surface area contributed by atoms with E-state index in [0.717, 1.165) is 0 Å². The van der Waals surface area contributed by atoms with Gasteiger partial charge in [0.2, 0.25) is 0 Å². The quantitative estimate of drug-likeness (QED) is 0.817. The van der Waals surface area contributed by atoms with Crippen LogP contribution in [-0.2, 0) is 4.74 Å². The number of carbonyl (C=O) groups is 2. The molecule has 0 saturated carbocycles. The van der Waals surface area contributed by atoms with E-state index in [0.29, 0.717) is 24.1 Å². The summed E-state index contributed by atoms with van der Waals surface area (Å²) in [4.78, 5) is 22.3. The number of carbonyl (C=O) groups excluding carboxylic acids is 1. The van der Waals surface area contributed by atoms with Gasteiger partial charge in [0.15, 0.2) is 0 Å². The van der Waals surface area contributed by atoms with Crippen molar-refractivity contribution in [1.29, 1.82) is 0 Å². The number of ether oxygens (including phenoxy) is 1. The lowest BCUT2D eigenvalue weighted by molar-refractivity contribution is 0.0528. The van der Waals surface area contributed by atoms with Crippen LogP contribution in [0.2, 0.25) is 0 Å². The number of aromatic carboxylic acids is 1. The summed E-state index contributed by atoms with van der Waals surface area (Å²) in [5.74, 6) is -0.933. The first kappa shape index (κ1) is 16.2. The molecule has 0 unspecified atom stereocenters. The number of alkyl carbamates (subject to hydrolysis) is 1. The summed E-state index contributed by atoms with van der Waals surface area (Å²) in [7, 11) is 0. The van der Waals surface area contributed by atoms with Crippen molar-refractivity contribution in [2.24, 2.45) is 0 Å². The Morgan fingerprint density at radius 3 is 2.70 bits per heavy atom. The van der Waals surface area contributed by atoms with Gasteiger partial charge in [-0.25, -0.2) is 9.59 Å². The fourth-order valence-electron chi connectivity index (χ4n) is 1.39. The van der Waals surface area contributed by atoms with Crippen LogP contribution >= 0.6 is 11.3 Å². The Bertz CT molecular complexity index is 500. The summed E-state index contributed by atoms with van der Waals surface area (Å²) in [5.41, 5.74) is 0.471. The molecule has 1 rings (SSSR count). The van der Waals surface area contributed by atoms with Gasteiger partial charge in [-0.2, -0.15) is 11.3 Å². The molecular weight excluding hydrogens is 278 g/mol. The van der Waals surface area contributed by atoms with E-state index >= 15 is 0 Å². The summed E-state index contributed by atoms with van der Waals surface area (Å²) in [6.45, 7) is 5.85. The second-order valence-electron chi connectivity index (χ2n) is 5.17. The fourth-order valence-corrected chi connectivity index (χ4v) is 2.19. The van der Waals surface area contributed by atoms with E-state index in [1.54, 1.807) is 37.6 Å². The maximum Gasteiger partial charge on any atom is 0.407 e. The molecule has 0 radical (unpaired) electrons. The van der Waals surface area contributed by atoms with Gasteiger partial charge in [-0.15, -0.1) is 0 Å². The van der Waals surface area contributed by atoms with Crippen molar-refractivity contribution in [2.45, 2.75) is 32.8 Å². The lowest BCUT2D eigenvalue weighted by Gasteiger charge is -2.19. The lowest BCUT2D eigenvalue weighted by atomic mass is 10.2. The summed E-state index contributed by atoms with van der Waals surface area (Å²) < 4.78 is 5.09. The van der Waals surface area contributed by atoms with Crippen LogP contribution < -0.4 is 5.32 Å². The van der Waals surface area contributed by atoms with Gasteiger partial charge < -0.3 is 15.2 Å². The monoisotopic (exact) mass is 297 g/mol. The van der Waals surface area contributed by atoms with Gasteiger partial charge in [0.1, 0.15) is 5.60 Å². The predicted octanol–water partition coefficient (Wildman–Crippen LogP) is 3.37. The largest absolute Gasteiger partial charge is 0.478 e. The maximum atomic E-state index is 11.4. The highest BCUT2D eigenvalue weighted by molar-refractivity contribution is 7.08. The van der Waals surface area contributed by atoms with Crippen molar-refractivity contribution < 1.29 is 19.4 Å². The first-order valence-electron chi connectivity index (χ1n) is 6.22. The van der Waals surface area contributed by atoms with Gasteiger partial charge in [0.05, 0.1) is 5.56 Å². The molecular formula is C14H19NO4S. The van der Waals surface area contributed by atoms with E-state index in [9.17, 15) is 9.59 Å². The zero-order chi connectivity index (χ0) is 15.2. The molecule has 6 heteroatoms. The second-order valence-corrected chi connectivity index (χ2v) is 5.91. The molecule has 0 aliphatic carbocycles. The number of thiophene rings is 1. The van der Waals surface area contributed by atoms with Crippen LogP contribution in [0.5, 0.6) is 0 Å². The third-order valence-corrected chi connectivity index (χ3v) is 2.96. The average Bonchev–Trinajstić information content (AvgIpc) is 2.74. The molecule has 1 heterocycles. The van der Waals surface area contributed by atoms with Gasteiger partial charge in [0.25, 0.3) is 0 Å². The Morgan fingerprint density at radius 2 is 2.10 bits per heavy atom. The Kier molecular flexibility index (Phi) is 5.76. The lowest BCUT2D eigenvalue weighted by Crippen LogP contribution is -2.32. The van der Waals surface area contributed by atoms with E-state index in [2.05, 4.69) is 5.32 Å². The summed E-state index contributed by atoms with van der Waals surface area (Å²) in [5, 5.41) is 14.9. The Labute approximate surface area is 122 Å².